The molecule has 0 saturated heterocycles. The van der Waals surface area contributed by atoms with Crippen LogP contribution in [0.3, 0.4) is 0 Å². The van der Waals surface area contributed by atoms with Crippen molar-refractivity contribution < 1.29 is 14.6 Å². The Morgan fingerprint density at radius 2 is 2.18 bits per heavy atom. The smallest absolute Gasteiger partial charge is 0.163 e. The molecular formula is C13H18O3S. The van der Waals surface area contributed by atoms with E-state index in [2.05, 4.69) is 12.6 Å². The van der Waals surface area contributed by atoms with Gasteiger partial charge in [-0.05, 0) is 25.5 Å². The summed E-state index contributed by atoms with van der Waals surface area (Å²) in [5.74, 6) is 1.17. The molecule has 0 bridgehead atoms. The average molecular weight is 254 g/mol. The van der Waals surface area contributed by atoms with Gasteiger partial charge in [0.15, 0.2) is 5.78 Å². The minimum absolute atomic E-state index is 0.0519. The zero-order chi connectivity index (χ0) is 12.8. The summed E-state index contributed by atoms with van der Waals surface area (Å²) in [6, 6.07) is 3.34. The van der Waals surface area contributed by atoms with E-state index in [0.29, 0.717) is 35.7 Å². The maximum absolute atomic E-state index is 11.3. The molecule has 17 heavy (non-hydrogen) atoms. The predicted octanol–water partition coefficient (Wildman–Crippen LogP) is 2.86. The minimum atomic E-state index is -0.138. The van der Waals surface area contributed by atoms with Gasteiger partial charge in [0, 0.05) is 11.3 Å². The molecule has 1 N–H and O–H groups in total. The van der Waals surface area contributed by atoms with E-state index >= 15 is 0 Å². The number of thiol groups is 1. The van der Waals surface area contributed by atoms with Crippen molar-refractivity contribution in [2.45, 2.75) is 26.7 Å². The number of aromatic hydroxyl groups is 1. The lowest BCUT2D eigenvalue weighted by molar-refractivity contribution is 0.101. The molecule has 0 atom stereocenters. The minimum Gasteiger partial charge on any atom is -0.507 e. The van der Waals surface area contributed by atoms with Crippen LogP contribution in [0.2, 0.25) is 0 Å². The van der Waals surface area contributed by atoms with Gasteiger partial charge in [-0.15, -0.1) is 0 Å². The summed E-state index contributed by atoms with van der Waals surface area (Å²) in [6.45, 7) is 3.94. The van der Waals surface area contributed by atoms with Gasteiger partial charge in [-0.2, -0.15) is 12.6 Å². The number of ether oxygens (including phenoxy) is 1. The molecule has 1 aromatic rings. The molecule has 1 rings (SSSR count). The van der Waals surface area contributed by atoms with Gasteiger partial charge in [-0.3, -0.25) is 4.79 Å². The van der Waals surface area contributed by atoms with Crippen molar-refractivity contribution in [2.75, 3.05) is 12.4 Å². The molecule has 0 fully saturated rings. The zero-order valence-electron chi connectivity index (χ0n) is 10.2. The molecule has 94 valence electrons. The lowest BCUT2D eigenvalue weighted by atomic mass is 10.0. The van der Waals surface area contributed by atoms with Crippen LogP contribution in [0.1, 0.15) is 36.2 Å². The SMILES string of the molecule is CCCc1c(OCCS)ccc(C(C)=O)c1O. The van der Waals surface area contributed by atoms with Crippen LogP contribution in [-0.2, 0) is 6.42 Å². The zero-order valence-corrected chi connectivity index (χ0v) is 11.1. The maximum atomic E-state index is 11.3. The first-order chi connectivity index (χ1) is 8.11. The standard InChI is InChI=1S/C13H18O3S/c1-3-4-11-12(16-7-8-17)6-5-10(9(2)14)13(11)15/h5-6,15,17H,3-4,7-8H2,1-2H3. The topological polar surface area (TPSA) is 46.5 Å². The highest BCUT2D eigenvalue weighted by molar-refractivity contribution is 7.80. The van der Waals surface area contributed by atoms with Crippen molar-refractivity contribution in [3.05, 3.63) is 23.3 Å². The van der Waals surface area contributed by atoms with Crippen LogP contribution in [0.5, 0.6) is 11.5 Å². The Balaban J connectivity index is 3.14. The fraction of sp³-hybridized carbons (Fsp3) is 0.462. The summed E-state index contributed by atoms with van der Waals surface area (Å²) in [5, 5.41) is 10.1. The van der Waals surface area contributed by atoms with Crippen molar-refractivity contribution in [3.8, 4) is 11.5 Å². The molecule has 0 amide bonds. The molecule has 0 aromatic heterocycles. The first-order valence-corrected chi connectivity index (χ1v) is 6.34. The summed E-state index contributed by atoms with van der Waals surface area (Å²) in [7, 11) is 0. The molecular weight excluding hydrogens is 236 g/mol. The van der Waals surface area contributed by atoms with Gasteiger partial charge in [-0.1, -0.05) is 13.3 Å². The summed E-state index contributed by atoms with van der Waals surface area (Å²) in [4.78, 5) is 11.3. The van der Waals surface area contributed by atoms with Crippen LogP contribution >= 0.6 is 12.6 Å². The highest BCUT2D eigenvalue weighted by Gasteiger charge is 2.15. The second kappa shape index (κ2) is 6.55. The Morgan fingerprint density at radius 3 is 2.71 bits per heavy atom. The molecule has 0 heterocycles. The fourth-order valence-corrected chi connectivity index (χ4v) is 1.78. The van der Waals surface area contributed by atoms with Gasteiger partial charge in [0.05, 0.1) is 12.2 Å². The van der Waals surface area contributed by atoms with Crippen LogP contribution in [0, 0.1) is 0 Å². The van der Waals surface area contributed by atoms with E-state index in [-0.39, 0.29) is 11.5 Å². The number of ketones is 1. The molecule has 0 saturated carbocycles. The molecule has 3 nitrogen and oxygen atoms in total. The summed E-state index contributed by atoms with van der Waals surface area (Å²) in [6.07, 6.45) is 1.57. The highest BCUT2D eigenvalue weighted by Crippen LogP contribution is 2.32. The molecule has 0 unspecified atom stereocenters. The Hall–Kier alpha value is -1.16. The van der Waals surface area contributed by atoms with Crippen molar-refractivity contribution in [1.29, 1.82) is 0 Å². The largest absolute Gasteiger partial charge is 0.507 e. The monoisotopic (exact) mass is 254 g/mol. The molecule has 0 aliphatic rings. The molecule has 0 spiro atoms. The Bertz CT molecular complexity index is 402. The number of phenols is 1. The van der Waals surface area contributed by atoms with Crippen LogP contribution in [-0.4, -0.2) is 23.2 Å². The molecule has 0 radical (unpaired) electrons. The first kappa shape index (κ1) is 13.9. The van der Waals surface area contributed by atoms with E-state index in [9.17, 15) is 9.90 Å². The van der Waals surface area contributed by atoms with E-state index in [1.54, 1.807) is 12.1 Å². The Morgan fingerprint density at radius 1 is 1.47 bits per heavy atom. The third-order valence-electron chi connectivity index (χ3n) is 2.47. The normalized spacial score (nSPS) is 10.3. The number of hydrogen-bond acceptors (Lipinski definition) is 4. The number of Topliss-reactive ketones (excluding diaryl/α,β-unsaturated/α-hetero) is 1. The number of carbonyl (C=O) groups excluding carboxylic acids is 1. The van der Waals surface area contributed by atoms with Gasteiger partial charge in [0.2, 0.25) is 0 Å². The summed E-state index contributed by atoms with van der Waals surface area (Å²) >= 11 is 4.07. The molecule has 0 aliphatic carbocycles. The second-order valence-corrected chi connectivity index (χ2v) is 4.26. The maximum Gasteiger partial charge on any atom is 0.163 e. The van der Waals surface area contributed by atoms with Crippen molar-refractivity contribution in [3.63, 3.8) is 0 Å². The van der Waals surface area contributed by atoms with Crippen molar-refractivity contribution >= 4 is 18.4 Å². The highest BCUT2D eigenvalue weighted by atomic mass is 32.1. The number of phenolic OH excluding ortho intramolecular Hbond substituents is 1. The van der Waals surface area contributed by atoms with E-state index in [1.807, 2.05) is 6.92 Å². The van der Waals surface area contributed by atoms with Gasteiger partial charge >= 0.3 is 0 Å². The number of hydrogen-bond donors (Lipinski definition) is 2. The Kier molecular flexibility index (Phi) is 5.35. The van der Waals surface area contributed by atoms with Crippen LogP contribution in [0.25, 0.3) is 0 Å². The lowest BCUT2D eigenvalue weighted by Crippen LogP contribution is -2.04. The molecule has 0 aliphatic heterocycles. The fourth-order valence-electron chi connectivity index (χ4n) is 1.68. The quantitative estimate of drug-likeness (QED) is 0.606. The van der Waals surface area contributed by atoms with Crippen molar-refractivity contribution in [1.82, 2.24) is 0 Å². The number of rotatable bonds is 6. The summed E-state index contributed by atoms with van der Waals surface area (Å²) < 4.78 is 5.51. The van der Waals surface area contributed by atoms with E-state index in [1.165, 1.54) is 6.92 Å². The third kappa shape index (κ3) is 3.40. The summed E-state index contributed by atoms with van der Waals surface area (Å²) in [5.41, 5.74) is 1.06. The van der Waals surface area contributed by atoms with E-state index in [0.717, 1.165) is 6.42 Å². The lowest BCUT2D eigenvalue weighted by Gasteiger charge is -2.13. The van der Waals surface area contributed by atoms with Gasteiger partial charge in [0.25, 0.3) is 0 Å². The predicted molar refractivity (Wildman–Crippen MR) is 71.5 cm³/mol. The van der Waals surface area contributed by atoms with E-state index in [4.69, 9.17) is 4.74 Å². The van der Waals surface area contributed by atoms with Gasteiger partial charge in [-0.25, -0.2) is 0 Å². The Labute approximate surface area is 107 Å². The molecule has 1 aromatic carbocycles. The van der Waals surface area contributed by atoms with Crippen molar-refractivity contribution in [2.24, 2.45) is 0 Å². The molecule has 4 heteroatoms. The number of carbonyl (C=O) groups is 1. The average Bonchev–Trinajstić information content (AvgIpc) is 2.29. The van der Waals surface area contributed by atoms with Crippen LogP contribution < -0.4 is 4.74 Å². The van der Waals surface area contributed by atoms with E-state index < -0.39 is 0 Å². The second-order valence-electron chi connectivity index (χ2n) is 3.82. The third-order valence-corrected chi connectivity index (χ3v) is 2.65. The van der Waals surface area contributed by atoms with Crippen LogP contribution in [0.15, 0.2) is 12.1 Å². The first-order valence-electron chi connectivity index (χ1n) is 5.71. The van der Waals surface area contributed by atoms with Crippen LogP contribution in [0.4, 0.5) is 0 Å². The number of benzene rings is 1. The van der Waals surface area contributed by atoms with Gasteiger partial charge < -0.3 is 9.84 Å². The van der Waals surface area contributed by atoms with Gasteiger partial charge in [0.1, 0.15) is 11.5 Å².